The molecule has 4 rings (SSSR count). The molecular weight excluding hydrogens is 321 g/mol. The number of carbonyl (C=O) groups excluding carboxylic acids is 1. The zero-order chi connectivity index (χ0) is 17.6. The molecule has 5 nitrogen and oxygen atoms in total. The molecule has 0 aliphatic carbocycles. The predicted octanol–water partition coefficient (Wildman–Crippen LogP) is 2.66. The van der Waals surface area contributed by atoms with Gasteiger partial charge in [0, 0.05) is 29.8 Å². The fourth-order valence-corrected chi connectivity index (χ4v) is 3.18. The number of anilines is 1. The standard InChI is InChI=1S/C19H12FN3O2/c1-2-14-15(20)4-3-11-7-13(24)8-16(17(11)14)23-6-5-12-9-21-10-22-18(12)19(23)25/h1,3-4,7-10,24H,5-6H2. The van der Waals surface area contributed by atoms with Crippen LogP contribution in [0.4, 0.5) is 10.1 Å². The molecule has 1 amide bonds. The smallest absolute Gasteiger partial charge is 0.277 e. The van der Waals surface area contributed by atoms with Gasteiger partial charge < -0.3 is 10.0 Å². The van der Waals surface area contributed by atoms with Gasteiger partial charge in [-0.25, -0.2) is 14.4 Å². The van der Waals surface area contributed by atoms with E-state index in [-0.39, 0.29) is 17.2 Å². The van der Waals surface area contributed by atoms with Gasteiger partial charge in [-0.1, -0.05) is 12.0 Å². The highest BCUT2D eigenvalue weighted by Gasteiger charge is 2.29. The van der Waals surface area contributed by atoms with Crippen molar-refractivity contribution in [3.05, 3.63) is 59.4 Å². The molecule has 0 saturated carbocycles. The minimum Gasteiger partial charge on any atom is -0.508 e. The Bertz CT molecular complexity index is 1070. The molecule has 1 N–H and O–H groups in total. The van der Waals surface area contributed by atoms with Gasteiger partial charge >= 0.3 is 0 Å². The van der Waals surface area contributed by atoms with Gasteiger partial charge in [0.05, 0.1) is 11.3 Å². The second kappa shape index (κ2) is 5.56. The van der Waals surface area contributed by atoms with Gasteiger partial charge in [0.2, 0.25) is 0 Å². The number of fused-ring (bicyclic) bond motifs is 2. The summed E-state index contributed by atoms with van der Waals surface area (Å²) in [6.45, 7) is 0.359. The van der Waals surface area contributed by atoms with Crippen molar-refractivity contribution in [3.8, 4) is 18.1 Å². The molecule has 2 heterocycles. The van der Waals surface area contributed by atoms with Crippen molar-refractivity contribution < 1.29 is 14.3 Å². The van der Waals surface area contributed by atoms with Gasteiger partial charge in [0.1, 0.15) is 23.6 Å². The lowest BCUT2D eigenvalue weighted by molar-refractivity contribution is 0.0975. The van der Waals surface area contributed by atoms with E-state index < -0.39 is 5.82 Å². The maximum Gasteiger partial charge on any atom is 0.277 e. The highest BCUT2D eigenvalue weighted by atomic mass is 19.1. The number of halogens is 1. The van der Waals surface area contributed by atoms with E-state index in [9.17, 15) is 14.3 Å². The lowest BCUT2D eigenvalue weighted by Crippen LogP contribution is -2.38. The van der Waals surface area contributed by atoms with Crippen molar-refractivity contribution in [1.82, 2.24) is 9.97 Å². The topological polar surface area (TPSA) is 66.3 Å². The second-order valence-electron chi connectivity index (χ2n) is 5.73. The van der Waals surface area contributed by atoms with Crippen LogP contribution >= 0.6 is 0 Å². The summed E-state index contributed by atoms with van der Waals surface area (Å²) in [4.78, 5) is 22.3. The van der Waals surface area contributed by atoms with Crippen LogP contribution in [0, 0.1) is 18.2 Å². The summed E-state index contributed by atoms with van der Waals surface area (Å²) in [5.74, 6) is 1.44. The van der Waals surface area contributed by atoms with Crippen molar-refractivity contribution in [2.75, 3.05) is 11.4 Å². The Morgan fingerprint density at radius 3 is 2.96 bits per heavy atom. The number of nitrogens with zero attached hydrogens (tertiary/aromatic N) is 3. The number of phenolic OH excluding ortho intramolecular Hbond substituents is 1. The van der Waals surface area contributed by atoms with Gasteiger partial charge in [-0.05, 0) is 23.9 Å². The van der Waals surface area contributed by atoms with Crippen molar-refractivity contribution >= 4 is 22.4 Å². The first-order chi connectivity index (χ1) is 12.1. The Morgan fingerprint density at radius 2 is 2.16 bits per heavy atom. The van der Waals surface area contributed by atoms with Crippen molar-refractivity contribution in [3.63, 3.8) is 0 Å². The first-order valence-electron chi connectivity index (χ1n) is 7.62. The number of amides is 1. The normalized spacial score (nSPS) is 13.6. The molecule has 1 aromatic heterocycles. The number of benzene rings is 2. The lowest BCUT2D eigenvalue weighted by atomic mass is 9.99. The number of aromatic nitrogens is 2. The second-order valence-corrected chi connectivity index (χ2v) is 5.73. The van der Waals surface area contributed by atoms with Crippen LogP contribution in [0.15, 0.2) is 36.8 Å². The Kier molecular flexibility index (Phi) is 3.36. The van der Waals surface area contributed by atoms with Crippen molar-refractivity contribution in [2.45, 2.75) is 6.42 Å². The Labute approximate surface area is 142 Å². The molecule has 3 aromatic rings. The minimum atomic E-state index is -0.547. The van der Waals surface area contributed by atoms with Crippen LogP contribution in [0.5, 0.6) is 5.75 Å². The Hall–Kier alpha value is -3.46. The molecule has 0 spiro atoms. The number of aromatic hydroxyl groups is 1. The van der Waals surface area contributed by atoms with Crippen LogP contribution in [0.3, 0.4) is 0 Å². The van der Waals surface area contributed by atoms with E-state index in [2.05, 4.69) is 15.9 Å². The maximum atomic E-state index is 14.2. The summed E-state index contributed by atoms with van der Waals surface area (Å²) < 4.78 is 14.2. The molecular formula is C19H12FN3O2. The number of phenols is 1. The third-order valence-electron chi connectivity index (χ3n) is 4.31. The van der Waals surface area contributed by atoms with Gasteiger partial charge in [0.15, 0.2) is 0 Å². The average Bonchev–Trinajstić information content (AvgIpc) is 2.62. The molecule has 1 aliphatic rings. The number of carbonyl (C=O) groups is 1. The van der Waals surface area contributed by atoms with Gasteiger partial charge in [0.25, 0.3) is 5.91 Å². The van der Waals surface area contributed by atoms with E-state index in [0.29, 0.717) is 35.1 Å². The molecule has 122 valence electrons. The lowest BCUT2D eigenvalue weighted by Gasteiger charge is -2.29. The van der Waals surface area contributed by atoms with Crippen LogP contribution in [0.2, 0.25) is 0 Å². The molecule has 0 saturated heterocycles. The molecule has 0 bridgehead atoms. The molecule has 6 heteroatoms. The van der Waals surface area contributed by atoms with E-state index in [1.54, 1.807) is 6.20 Å². The molecule has 2 aromatic carbocycles. The first kappa shape index (κ1) is 15.1. The third-order valence-corrected chi connectivity index (χ3v) is 4.31. The zero-order valence-corrected chi connectivity index (χ0v) is 13.0. The summed E-state index contributed by atoms with van der Waals surface area (Å²) >= 11 is 0. The highest BCUT2D eigenvalue weighted by molar-refractivity contribution is 6.12. The van der Waals surface area contributed by atoms with Gasteiger partial charge in [-0.15, -0.1) is 6.42 Å². The van der Waals surface area contributed by atoms with Crippen molar-refractivity contribution in [2.24, 2.45) is 0 Å². The summed E-state index contributed by atoms with van der Waals surface area (Å²) in [5, 5.41) is 11.0. The van der Waals surface area contributed by atoms with Crippen LogP contribution in [-0.4, -0.2) is 27.5 Å². The number of terminal acetylenes is 1. The highest BCUT2D eigenvalue weighted by Crippen LogP contribution is 2.36. The third kappa shape index (κ3) is 2.29. The van der Waals surface area contributed by atoms with Crippen LogP contribution in [0.25, 0.3) is 10.8 Å². The zero-order valence-electron chi connectivity index (χ0n) is 13.0. The Balaban J connectivity index is 1.98. The van der Waals surface area contributed by atoms with Gasteiger partial charge in [-0.3, -0.25) is 4.79 Å². The van der Waals surface area contributed by atoms with Gasteiger partial charge in [-0.2, -0.15) is 0 Å². The van der Waals surface area contributed by atoms with E-state index in [1.165, 1.54) is 35.5 Å². The largest absolute Gasteiger partial charge is 0.508 e. The van der Waals surface area contributed by atoms with Crippen LogP contribution < -0.4 is 4.90 Å². The summed E-state index contributed by atoms with van der Waals surface area (Å²) in [7, 11) is 0. The summed E-state index contributed by atoms with van der Waals surface area (Å²) in [6, 6.07) is 5.69. The maximum absolute atomic E-state index is 14.2. The van der Waals surface area contributed by atoms with Crippen LogP contribution in [0.1, 0.15) is 21.6 Å². The minimum absolute atomic E-state index is 0.0293. The molecule has 0 radical (unpaired) electrons. The van der Waals surface area contributed by atoms with E-state index >= 15 is 0 Å². The monoisotopic (exact) mass is 333 g/mol. The van der Waals surface area contributed by atoms with Crippen molar-refractivity contribution in [1.29, 1.82) is 0 Å². The quantitative estimate of drug-likeness (QED) is 0.695. The summed E-state index contributed by atoms with van der Waals surface area (Å²) in [5.41, 5.74) is 1.50. The number of rotatable bonds is 1. The first-order valence-corrected chi connectivity index (χ1v) is 7.62. The van der Waals surface area contributed by atoms with E-state index in [0.717, 1.165) is 5.56 Å². The summed E-state index contributed by atoms with van der Waals surface area (Å²) in [6.07, 6.45) is 8.97. The Morgan fingerprint density at radius 1 is 1.32 bits per heavy atom. The molecule has 0 atom stereocenters. The molecule has 25 heavy (non-hydrogen) atoms. The SMILES string of the molecule is C#Cc1c(F)ccc2cc(O)cc(N3CCc4cncnc4C3=O)c12. The predicted molar refractivity (Wildman–Crippen MR) is 90.9 cm³/mol. The molecule has 0 fully saturated rings. The van der Waals surface area contributed by atoms with E-state index in [4.69, 9.17) is 6.42 Å². The fraction of sp³-hybridized carbons (Fsp3) is 0.105. The number of hydrogen-bond donors (Lipinski definition) is 1. The fourth-order valence-electron chi connectivity index (χ4n) is 3.18. The van der Waals surface area contributed by atoms with E-state index in [1.807, 2.05) is 0 Å². The van der Waals surface area contributed by atoms with Crippen LogP contribution in [-0.2, 0) is 6.42 Å². The number of hydrogen-bond acceptors (Lipinski definition) is 4. The molecule has 0 unspecified atom stereocenters. The molecule has 1 aliphatic heterocycles. The average molecular weight is 333 g/mol.